The van der Waals surface area contributed by atoms with Crippen LogP contribution < -0.4 is 5.32 Å². The summed E-state index contributed by atoms with van der Waals surface area (Å²) in [6.45, 7) is 1.74. The third-order valence-corrected chi connectivity index (χ3v) is 3.68. The van der Waals surface area contributed by atoms with E-state index in [-0.39, 0.29) is 5.69 Å². The molecular weight excluding hydrogens is 310 g/mol. The third-order valence-electron chi connectivity index (χ3n) is 3.45. The average molecular weight is 321 g/mol. The van der Waals surface area contributed by atoms with Crippen molar-refractivity contribution in [3.05, 3.63) is 64.3 Å². The number of nitrogens with one attached hydrogen (secondary N) is 2. The highest BCUT2D eigenvalue weighted by Gasteiger charge is 2.18. The molecule has 0 atom stereocenters. The molecule has 0 spiro atoms. The zero-order valence-electron chi connectivity index (χ0n) is 11.5. The molecule has 0 aliphatic rings. The van der Waals surface area contributed by atoms with E-state index in [1.54, 1.807) is 25.1 Å². The molecule has 0 bridgehead atoms. The summed E-state index contributed by atoms with van der Waals surface area (Å²) in [5, 5.41) is 3.59. The number of hydrogen-bond donors (Lipinski definition) is 2. The Balaban J connectivity index is 2.01. The van der Waals surface area contributed by atoms with Crippen LogP contribution in [0.1, 0.15) is 16.1 Å². The van der Waals surface area contributed by atoms with Gasteiger partial charge in [0.05, 0.1) is 0 Å². The number of carbonyl (C=O) groups is 1. The minimum atomic E-state index is -0.829. The first-order chi connectivity index (χ1) is 10.5. The van der Waals surface area contributed by atoms with E-state index in [2.05, 4.69) is 10.3 Å². The van der Waals surface area contributed by atoms with E-state index < -0.39 is 23.2 Å². The first-order valence-corrected chi connectivity index (χ1v) is 6.88. The van der Waals surface area contributed by atoms with Gasteiger partial charge in [0.15, 0.2) is 0 Å². The van der Waals surface area contributed by atoms with Crippen molar-refractivity contribution in [3.8, 4) is 0 Å². The second-order valence-corrected chi connectivity index (χ2v) is 5.30. The number of para-hydroxylation sites is 1. The molecule has 0 saturated carbocycles. The Morgan fingerprint density at radius 2 is 1.86 bits per heavy atom. The van der Waals surface area contributed by atoms with Crippen LogP contribution in [-0.4, -0.2) is 10.9 Å². The normalized spacial score (nSPS) is 10.9. The maximum absolute atomic E-state index is 13.6. The number of amides is 1. The Kier molecular flexibility index (Phi) is 3.58. The minimum Gasteiger partial charge on any atom is -0.350 e. The molecule has 1 amide bonds. The Morgan fingerprint density at radius 1 is 1.18 bits per heavy atom. The van der Waals surface area contributed by atoms with Crippen LogP contribution in [0, 0.1) is 18.6 Å². The van der Waals surface area contributed by atoms with Gasteiger partial charge >= 0.3 is 0 Å². The number of hydrogen-bond acceptors (Lipinski definition) is 1. The Labute approximate surface area is 129 Å². The van der Waals surface area contributed by atoms with Crippen molar-refractivity contribution in [2.24, 2.45) is 0 Å². The molecule has 22 heavy (non-hydrogen) atoms. The summed E-state index contributed by atoms with van der Waals surface area (Å²) in [6.07, 6.45) is 0. The van der Waals surface area contributed by atoms with Gasteiger partial charge in [-0.15, -0.1) is 0 Å². The maximum atomic E-state index is 13.6. The molecule has 0 fully saturated rings. The molecule has 2 aromatic carbocycles. The van der Waals surface area contributed by atoms with Crippen molar-refractivity contribution in [2.75, 3.05) is 5.32 Å². The van der Waals surface area contributed by atoms with Gasteiger partial charge in [0.25, 0.3) is 5.91 Å². The molecule has 2 N–H and O–H groups in total. The Bertz CT molecular complexity index is 869. The molecule has 0 aliphatic heterocycles. The zero-order valence-corrected chi connectivity index (χ0v) is 12.3. The highest BCUT2D eigenvalue weighted by Crippen LogP contribution is 2.26. The summed E-state index contributed by atoms with van der Waals surface area (Å²) < 4.78 is 27.2. The van der Waals surface area contributed by atoms with Crippen molar-refractivity contribution in [3.63, 3.8) is 0 Å². The van der Waals surface area contributed by atoms with E-state index in [0.717, 1.165) is 23.0 Å². The number of anilines is 1. The largest absolute Gasteiger partial charge is 0.350 e. The van der Waals surface area contributed by atoms with Crippen molar-refractivity contribution >= 4 is 34.1 Å². The lowest BCUT2D eigenvalue weighted by Crippen LogP contribution is -2.15. The molecular formula is C16H11ClF2N2O. The molecule has 0 saturated heterocycles. The smallest absolute Gasteiger partial charge is 0.272 e. The standard InChI is InChI=1S/C16H11ClF2N2O/c1-8-10-7-9(17)5-6-13(10)20-14(8)16(22)21-15-11(18)3-2-4-12(15)19/h2-7,20H,1H3,(H,21,22). The van der Waals surface area contributed by atoms with Crippen LogP contribution in [0.2, 0.25) is 5.02 Å². The number of H-pyrrole nitrogens is 1. The van der Waals surface area contributed by atoms with Crippen LogP contribution >= 0.6 is 11.6 Å². The van der Waals surface area contributed by atoms with E-state index in [4.69, 9.17) is 11.6 Å². The molecule has 6 heteroatoms. The average Bonchev–Trinajstić information content (AvgIpc) is 2.80. The summed E-state index contributed by atoms with van der Waals surface area (Å²) in [7, 11) is 0. The van der Waals surface area contributed by atoms with Crippen LogP contribution in [0.4, 0.5) is 14.5 Å². The number of fused-ring (bicyclic) bond motifs is 1. The van der Waals surface area contributed by atoms with Gasteiger partial charge in [-0.3, -0.25) is 4.79 Å². The predicted octanol–water partition coefficient (Wildman–Crippen LogP) is 4.66. The second kappa shape index (κ2) is 5.42. The summed E-state index contributed by atoms with van der Waals surface area (Å²) >= 11 is 5.94. The topological polar surface area (TPSA) is 44.9 Å². The van der Waals surface area contributed by atoms with E-state index in [1.807, 2.05) is 0 Å². The fourth-order valence-corrected chi connectivity index (χ4v) is 2.49. The lowest BCUT2D eigenvalue weighted by molar-refractivity contribution is 0.102. The molecule has 112 valence electrons. The monoisotopic (exact) mass is 320 g/mol. The highest BCUT2D eigenvalue weighted by atomic mass is 35.5. The fraction of sp³-hybridized carbons (Fsp3) is 0.0625. The van der Waals surface area contributed by atoms with Crippen LogP contribution in [0.15, 0.2) is 36.4 Å². The van der Waals surface area contributed by atoms with Gasteiger partial charge in [-0.25, -0.2) is 8.78 Å². The van der Waals surface area contributed by atoms with E-state index >= 15 is 0 Å². The predicted molar refractivity (Wildman–Crippen MR) is 82.4 cm³/mol. The summed E-state index contributed by atoms with van der Waals surface area (Å²) in [4.78, 5) is 15.2. The Morgan fingerprint density at radius 3 is 2.55 bits per heavy atom. The van der Waals surface area contributed by atoms with E-state index in [0.29, 0.717) is 10.6 Å². The molecule has 0 radical (unpaired) electrons. The molecule has 0 aliphatic carbocycles. The van der Waals surface area contributed by atoms with Gasteiger partial charge in [-0.1, -0.05) is 17.7 Å². The summed E-state index contributed by atoms with van der Waals surface area (Å²) in [5.41, 5.74) is 1.15. The summed E-state index contributed by atoms with van der Waals surface area (Å²) in [6, 6.07) is 8.55. The first kappa shape index (κ1) is 14.5. The van der Waals surface area contributed by atoms with Crippen molar-refractivity contribution in [1.29, 1.82) is 0 Å². The van der Waals surface area contributed by atoms with Gasteiger partial charge in [-0.05, 0) is 42.8 Å². The van der Waals surface area contributed by atoms with Crippen LogP contribution in [0.5, 0.6) is 0 Å². The number of carbonyl (C=O) groups excluding carboxylic acids is 1. The van der Waals surface area contributed by atoms with Crippen LogP contribution in [0.25, 0.3) is 10.9 Å². The van der Waals surface area contributed by atoms with E-state index in [9.17, 15) is 13.6 Å². The van der Waals surface area contributed by atoms with Gasteiger partial charge in [0, 0.05) is 15.9 Å². The SMILES string of the molecule is Cc1c(C(=O)Nc2c(F)cccc2F)[nH]c2ccc(Cl)cc12. The molecule has 0 unspecified atom stereocenters. The van der Waals surface area contributed by atoms with E-state index in [1.165, 1.54) is 6.07 Å². The van der Waals surface area contributed by atoms with Crippen molar-refractivity contribution < 1.29 is 13.6 Å². The molecule has 1 aromatic heterocycles. The minimum absolute atomic E-state index is 0.236. The number of aryl methyl sites for hydroxylation is 1. The third kappa shape index (κ3) is 2.44. The lowest BCUT2D eigenvalue weighted by Gasteiger charge is -2.07. The van der Waals surface area contributed by atoms with Crippen LogP contribution in [0.3, 0.4) is 0 Å². The maximum Gasteiger partial charge on any atom is 0.272 e. The fourth-order valence-electron chi connectivity index (χ4n) is 2.32. The number of halogens is 3. The van der Waals surface area contributed by atoms with Crippen LogP contribution in [-0.2, 0) is 0 Å². The Hall–Kier alpha value is -2.40. The van der Waals surface area contributed by atoms with Gasteiger partial charge in [-0.2, -0.15) is 0 Å². The van der Waals surface area contributed by atoms with Gasteiger partial charge in [0.2, 0.25) is 0 Å². The second-order valence-electron chi connectivity index (χ2n) is 4.87. The highest BCUT2D eigenvalue weighted by molar-refractivity contribution is 6.31. The lowest BCUT2D eigenvalue weighted by atomic mass is 10.1. The number of benzene rings is 2. The zero-order chi connectivity index (χ0) is 15.9. The number of rotatable bonds is 2. The number of aromatic nitrogens is 1. The quantitative estimate of drug-likeness (QED) is 0.708. The molecule has 3 aromatic rings. The number of aromatic amines is 1. The summed E-state index contributed by atoms with van der Waals surface area (Å²) in [5.74, 6) is -2.27. The molecule has 3 nitrogen and oxygen atoms in total. The molecule has 1 heterocycles. The van der Waals surface area contributed by atoms with Gasteiger partial charge in [0.1, 0.15) is 23.0 Å². The molecule has 3 rings (SSSR count). The first-order valence-electron chi connectivity index (χ1n) is 6.50. The van der Waals surface area contributed by atoms with Crippen molar-refractivity contribution in [2.45, 2.75) is 6.92 Å². The van der Waals surface area contributed by atoms with Crippen molar-refractivity contribution in [1.82, 2.24) is 4.98 Å². The van der Waals surface area contributed by atoms with Gasteiger partial charge < -0.3 is 10.3 Å².